The average molecular weight is 318 g/mol. The number of benzene rings is 1. The van der Waals surface area contributed by atoms with Crippen LogP contribution in [0.4, 0.5) is 4.79 Å². The number of nitrogens with one attached hydrogen (secondary N) is 1. The zero-order chi connectivity index (χ0) is 16.5. The Bertz CT molecular complexity index is 654. The van der Waals surface area contributed by atoms with Gasteiger partial charge in [-0.15, -0.1) is 5.10 Å². The zero-order valence-corrected chi connectivity index (χ0v) is 13.3. The molecule has 1 aromatic heterocycles. The summed E-state index contributed by atoms with van der Waals surface area (Å²) in [7, 11) is 1.35. The van der Waals surface area contributed by atoms with E-state index in [4.69, 9.17) is 0 Å². The lowest BCUT2D eigenvalue weighted by atomic mass is 10.1. The summed E-state index contributed by atoms with van der Waals surface area (Å²) >= 11 is 0. The molecule has 2 rings (SSSR count). The van der Waals surface area contributed by atoms with Crippen LogP contribution in [0.5, 0.6) is 0 Å². The number of hydrogen-bond donors (Lipinski definition) is 1. The zero-order valence-electron chi connectivity index (χ0n) is 13.3. The van der Waals surface area contributed by atoms with Gasteiger partial charge in [0.25, 0.3) is 0 Å². The minimum atomic E-state index is -0.393. The highest BCUT2D eigenvalue weighted by molar-refractivity contribution is 5.88. The molecule has 1 amide bonds. The molecular weight excluding hydrogens is 296 g/mol. The van der Waals surface area contributed by atoms with Gasteiger partial charge in [0.15, 0.2) is 0 Å². The molecule has 0 aliphatic heterocycles. The summed E-state index contributed by atoms with van der Waals surface area (Å²) in [6.07, 6.45) is 4.85. The fourth-order valence-corrected chi connectivity index (χ4v) is 2.35. The van der Waals surface area contributed by atoms with Crippen molar-refractivity contribution in [3.8, 4) is 0 Å². The van der Waals surface area contributed by atoms with Crippen molar-refractivity contribution >= 4 is 23.0 Å². The fraction of sp³-hybridized carbons (Fsp3) is 0.500. The normalized spacial score (nSPS) is 10.7. The topological polar surface area (TPSA) is 86.1 Å². The first-order valence-electron chi connectivity index (χ1n) is 7.88. The third-order valence-electron chi connectivity index (χ3n) is 3.61. The first kappa shape index (κ1) is 16.9. The highest BCUT2D eigenvalue weighted by Crippen LogP contribution is 2.12. The number of ether oxygens (including phenoxy) is 1. The Morgan fingerprint density at radius 1 is 1.13 bits per heavy atom. The molecule has 23 heavy (non-hydrogen) atoms. The Morgan fingerprint density at radius 2 is 1.87 bits per heavy atom. The molecule has 1 heterocycles. The second-order valence-corrected chi connectivity index (χ2v) is 5.32. The van der Waals surface area contributed by atoms with Crippen molar-refractivity contribution in [2.75, 3.05) is 13.7 Å². The highest BCUT2D eigenvalue weighted by atomic mass is 16.5. The van der Waals surface area contributed by atoms with Gasteiger partial charge in [0.2, 0.25) is 5.91 Å². The molecule has 124 valence electrons. The third-order valence-corrected chi connectivity index (χ3v) is 3.61. The number of rotatable bonds is 8. The lowest BCUT2D eigenvalue weighted by Crippen LogP contribution is -2.23. The number of aromatic nitrogens is 3. The van der Waals surface area contributed by atoms with E-state index in [-0.39, 0.29) is 5.91 Å². The number of fused-ring (bicyclic) bond motifs is 1. The van der Waals surface area contributed by atoms with Gasteiger partial charge in [-0.3, -0.25) is 4.79 Å². The van der Waals surface area contributed by atoms with E-state index in [0.717, 1.165) is 43.1 Å². The van der Waals surface area contributed by atoms with Gasteiger partial charge in [0, 0.05) is 13.0 Å². The number of amides is 1. The molecule has 2 aromatic rings. The van der Waals surface area contributed by atoms with Crippen LogP contribution < -0.4 is 5.32 Å². The van der Waals surface area contributed by atoms with Crippen LogP contribution in [0, 0.1) is 0 Å². The quantitative estimate of drug-likeness (QED) is 0.756. The van der Waals surface area contributed by atoms with Crippen LogP contribution >= 0.6 is 0 Å². The van der Waals surface area contributed by atoms with Crippen molar-refractivity contribution in [1.82, 2.24) is 20.3 Å². The molecule has 1 aromatic carbocycles. The summed E-state index contributed by atoms with van der Waals surface area (Å²) in [4.78, 5) is 23.0. The number of methoxy groups -OCH3 is 1. The summed E-state index contributed by atoms with van der Waals surface area (Å²) in [6, 6.07) is 7.44. The van der Waals surface area contributed by atoms with Crippen LogP contribution in [0.1, 0.15) is 43.3 Å². The van der Waals surface area contributed by atoms with Crippen molar-refractivity contribution in [2.24, 2.45) is 0 Å². The SMILES string of the molecule is COC(=O)NCCCCCCCC(=O)n1nnc2ccccc21. The lowest BCUT2D eigenvalue weighted by Gasteiger charge is -2.04. The Kier molecular flexibility index (Phi) is 6.53. The van der Waals surface area contributed by atoms with E-state index in [0.29, 0.717) is 13.0 Å². The second kappa shape index (κ2) is 8.87. The van der Waals surface area contributed by atoms with Crippen molar-refractivity contribution in [1.29, 1.82) is 0 Å². The van der Waals surface area contributed by atoms with Gasteiger partial charge in [-0.1, -0.05) is 36.6 Å². The van der Waals surface area contributed by atoms with Crippen LogP contribution in [0.3, 0.4) is 0 Å². The standard InChI is InChI=1S/C16H22N4O3/c1-23-16(22)17-12-8-4-2-3-5-11-15(21)20-14-10-7-6-9-13(14)18-19-20/h6-7,9-10H,2-5,8,11-12H2,1H3,(H,17,22). The number of carbonyl (C=O) groups excluding carboxylic acids is 2. The highest BCUT2D eigenvalue weighted by Gasteiger charge is 2.10. The smallest absolute Gasteiger partial charge is 0.406 e. The second-order valence-electron chi connectivity index (χ2n) is 5.32. The summed E-state index contributed by atoms with van der Waals surface area (Å²) in [5.41, 5.74) is 1.49. The van der Waals surface area contributed by atoms with Crippen LogP contribution in [0.15, 0.2) is 24.3 Å². The maximum absolute atomic E-state index is 12.2. The molecule has 7 heteroatoms. The Morgan fingerprint density at radius 3 is 2.70 bits per heavy atom. The Labute approximate surface area is 135 Å². The first-order chi connectivity index (χ1) is 11.2. The van der Waals surface area contributed by atoms with Gasteiger partial charge in [0.1, 0.15) is 5.52 Å². The predicted octanol–water partition coefficient (Wildman–Crippen LogP) is 2.77. The molecule has 7 nitrogen and oxygen atoms in total. The Hall–Kier alpha value is -2.44. The largest absolute Gasteiger partial charge is 0.453 e. The van der Waals surface area contributed by atoms with Crippen molar-refractivity contribution in [2.45, 2.75) is 38.5 Å². The van der Waals surface area contributed by atoms with Crippen LogP contribution in [0.2, 0.25) is 0 Å². The van der Waals surface area contributed by atoms with Gasteiger partial charge in [-0.05, 0) is 25.0 Å². The molecule has 0 spiro atoms. The number of hydrogen-bond acceptors (Lipinski definition) is 5. The molecule has 0 saturated heterocycles. The van der Waals surface area contributed by atoms with Gasteiger partial charge in [-0.2, -0.15) is 4.68 Å². The lowest BCUT2D eigenvalue weighted by molar-refractivity contribution is 0.0886. The molecule has 0 bridgehead atoms. The minimum Gasteiger partial charge on any atom is -0.453 e. The number of alkyl carbamates (subject to hydrolysis) is 1. The number of unbranched alkanes of at least 4 members (excludes halogenated alkanes) is 4. The molecule has 0 aliphatic rings. The maximum atomic E-state index is 12.2. The van der Waals surface area contributed by atoms with E-state index < -0.39 is 6.09 Å². The maximum Gasteiger partial charge on any atom is 0.406 e. The molecule has 0 unspecified atom stereocenters. The van der Waals surface area contributed by atoms with Crippen molar-refractivity contribution in [3.05, 3.63) is 24.3 Å². The summed E-state index contributed by atoms with van der Waals surface area (Å²) < 4.78 is 5.87. The van der Waals surface area contributed by atoms with Gasteiger partial charge < -0.3 is 10.1 Å². The van der Waals surface area contributed by atoms with Crippen LogP contribution in [-0.4, -0.2) is 40.6 Å². The van der Waals surface area contributed by atoms with E-state index in [1.807, 2.05) is 24.3 Å². The Balaban J connectivity index is 1.61. The van der Waals surface area contributed by atoms with Gasteiger partial charge >= 0.3 is 6.09 Å². The van der Waals surface area contributed by atoms with E-state index in [1.54, 1.807) is 0 Å². The number of carbonyl (C=O) groups is 2. The molecule has 0 atom stereocenters. The van der Waals surface area contributed by atoms with E-state index in [1.165, 1.54) is 11.8 Å². The third kappa shape index (κ3) is 5.05. The number of nitrogens with zero attached hydrogens (tertiary/aromatic N) is 3. The average Bonchev–Trinajstić information content (AvgIpc) is 3.01. The molecular formula is C16H22N4O3. The summed E-state index contributed by atoms with van der Waals surface area (Å²) in [6.45, 7) is 0.622. The van der Waals surface area contributed by atoms with Gasteiger partial charge in [0.05, 0.1) is 12.6 Å². The fourth-order valence-electron chi connectivity index (χ4n) is 2.35. The van der Waals surface area contributed by atoms with Gasteiger partial charge in [-0.25, -0.2) is 4.79 Å². The van der Waals surface area contributed by atoms with Crippen molar-refractivity contribution in [3.63, 3.8) is 0 Å². The molecule has 0 saturated carbocycles. The van der Waals surface area contributed by atoms with E-state index >= 15 is 0 Å². The van der Waals surface area contributed by atoms with Crippen LogP contribution in [-0.2, 0) is 4.74 Å². The molecule has 0 aliphatic carbocycles. The molecule has 0 radical (unpaired) electrons. The molecule has 0 fully saturated rings. The van der Waals surface area contributed by atoms with Crippen molar-refractivity contribution < 1.29 is 14.3 Å². The number of para-hydroxylation sites is 1. The molecule has 1 N–H and O–H groups in total. The monoisotopic (exact) mass is 318 g/mol. The predicted molar refractivity (Wildman–Crippen MR) is 86.3 cm³/mol. The van der Waals surface area contributed by atoms with E-state index in [2.05, 4.69) is 20.4 Å². The van der Waals surface area contributed by atoms with E-state index in [9.17, 15) is 9.59 Å². The minimum absolute atomic E-state index is 0.0222. The summed E-state index contributed by atoms with van der Waals surface area (Å²) in [5.74, 6) is -0.0222. The first-order valence-corrected chi connectivity index (χ1v) is 7.88. The van der Waals surface area contributed by atoms with Crippen LogP contribution in [0.25, 0.3) is 11.0 Å². The summed E-state index contributed by atoms with van der Waals surface area (Å²) in [5, 5.41) is 10.6.